The number of aromatic nitrogens is 3. The Balaban J connectivity index is 1.69. The van der Waals surface area contributed by atoms with Crippen molar-refractivity contribution in [3.05, 3.63) is 40.0 Å². The Kier molecular flexibility index (Phi) is 5.12. The summed E-state index contributed by atoms with van der Waals surface area (Å²) in [6.45, 7) is 1.90. The van der Waals surface area contributed by atoms with Crippen LogP contribution < -0.4 is 0 Å². The molecule has 1 aliphatic heterocycles. The van der Waals surface area contributed by atoms with Crippen LogP contribution in [0.15, 0.2) is 34.4 Å². The number of nitrogens with zero attached hydrogens (tertiary/aromatic N) is 5. The summed E-state index contributed by atoms with van der Waals surface area (Å²) in [6, 6.07) is 4.02. The third kappa shape index (κ3) is 3.71. The second kappa shape index (κ2) is 7.67. The zero-order chi connectivity index (χ0) is 17.9. The molecule has 134 valence electrons. The monoisotopic (exact) mass is 385 g/mol. The van der Waals surface area contributed by atoms with Gasteiger partial charge in [0.2, 0.25) is 5.13 Å². The van der Waals surface area contributed by atoms with Gasteiger partial charge in [-0.1, -0.05) is 30.6 Å². The number of pyridine rings is 1. The number of aliphatic imine (C=N–C) groups is 1. The highest BCUT2D eigenvalue weighted by atomic mass is 32.2. The molecular weight excluding hydrogens is 366 g/mol. The van der Waals surface area contributed by atoms with E-state index in [2.05, 4.69) is 20.2 Å². The summed E-state index contributed by atoms with van der Waals surface area (Å²) >= 11 is 2.87. The van der Waals surface area contributed by atoms with Crippen LogP contribution in [0.2, 0.25) is 0 Å². The number of amides is 1. The molecule has 4 rings (SSSR count). The predicted molar refractivity (Wildman–Crippen MR) is 105 cm³/mol. The summed E-state index contributed by atoms with van der Waals surface area (Å²) in [5.41, 5.74) is 0.965. The van der Waals surface area contributed by atoms with Crippen molar-refractivity contribution in [3.8, 4) is 0 Å². The molecule has 0 bridgehead atoms. The Hall–Kier alpha value is -2.06. The van der Waals surface area contributed by atoms with E-state index in [-0.39, 0.29) is 11.9 Å². The molecule has 0 radical (unpaired) electrons. The van der Waals surface area contributed by atoms with Crippen molar-refractivity contribution in [1.29, 1.82) is 0 Å². The highest BCUT2D eigenvalue weighted by Crippen LogP contribution is 2.38. The van der Waals surface area contributed by atoms with E-state index in [0.29, 0.717) is 10.0 Å². The van der Waals surface area contributed by atoms with Crippen LogP contribution in [0.1, 0.15) is 42.7 Å². The minimum atomic E-state index is 0.0405. The number of carbonyl (C=O) groups is 1. The van der Waals surface area contributed by atoms with Crippen LogP contribution in [0.3, 0.4) is 0 Å². The van der Waals surface area contributed by atoms with Gasteiger partial charge in [-0.15, -0.1) is 10.2 Å². The summed E-state index contributed by atoms with van der Waals surface area (Å²) < 4.78 is 0. The maximum Gasteiger partial charge on any atom is 0.267 e. The van der Waals surface area contributed by atoms with Gasteiger partial charge >= 0.3 is 0 Å². The minimum Gasteiger partial charge on any atom is -0.283 e. The Morgan fingerprint density at radius 2 is 1.96 bits per heavy atom. The lowest BCUT2D eigenvalue weighted by Crippen LogP contribution is -2.40. The van der Waals surface area contributed by atoms with Crippen molar-refractivity contribution in [1.82, 2.24) is 20.1 Å². The summed E-state index contributed by atoms with van der Waals surface area (Å²) in [5.74, 6) is 0.0405. The standard InChI is InChI=1S/C18H19N5OS2/c1-12-21-22-17(25-12)20-18-23(14-5-3-2-4-6-14)16(24)15(26-18)11-13-7-9-19-10-8-13/h7-11,14H,2-6H2,1H3/b15-11-,20-18+. The molecule has 1 saturated carbocycles. The van der Waals surface area contributed by atoms with Crippen LogP contribution in [-0.2, 0) is 4.79 Å². The normalized spacial score (nSPS) is 21.9. The lowest BCUT2D eigenvalue weighted by atomic mass is 9.94. The molecule has 0 N–H and O–H groups in total. The van der Waals surface area contributed by atoms with Gasteiger partial charge in [0, 0.05) is 18.4 Å². The van der Waals surface area contributed by atoms with Crippen LogP contribution in [0.25, 0.3) is 6.08 Å². The number of carbonyl (C=O) groups excluding carboxylic acids is 1. The van der Waals surface area contributed by atoms with Gasteiger partial charge in [-0.05, 0) is 55.3 Å². The number of thioether (sulfide) groups is 1. The van der Waals surface area contributed by atoms with E-state index in [0.717, 1.165) is 41.4 Å². The molecule has 8 heteroatoms. The van der Waals surface area contributed by atoms with Gasteiger partial charge in [-0.2, -0.15) is 4.99 Å². The number of hydrogen-bond donors (Lipinski definition) is 0. The van der Waals surface area contributed by atoms with E-state index in [1.807, 2.05) is 30.0 Å². The van der Waals surface area contributed by atoms with Gasteiger partial charge in [0.15, 0.2) is 5.17 Å². The number of hydrogen-bond acceptors (Lipinski definition) is 7. The fourth-order valence-corrected chi connectivity index (χ4v) is 4.91. The molecule has 3 heterocycles. The average Bonchev–Trinajstić information content (AvgIpc) is 3.20. The number of amidine groups is 1. The molecule has 2 fully saturated rings. The zero-order valence-corrected chi connectivity index (χ0v) is 16.1. The smallest absolute Gasteiger partial charge is 0.267 e. The van der Waals surface area contributed by atoms with Gasteiger partial charge in [-0.3, -0.25) is 14.7 Å². The van der Waals surface area contributed by atoms with Crippen molar-refractivity contribution in [3.63, 3.8) is 0 Å². The maximum atomic E-state index is 13.1. The first kappa shape index (κ1) is 17.4. The first-order chi connectivity index (χ1) is 12.7. The summed E-state index contributed by atoms with van der Waals surface area (Å²) in [6.07, 6.45) is 11.0. The summed E-state index contributed by atoms with van der Waals surface area (Å²) in [4.78, 5) is 24.4. The molecule has 2 aliphatic rings. The van der Waals surface area contributed by atoms with Gasteiger partial charge < -0.3 is 0 Å². The van der Waals surface area contributed by atoms with E-state index in [4.69, 9.17) is 0 Å². The quantitative estimate of drug-likeness (QED) is 0.741. The first-order valence-electron chi connectivity index (χ1n) is 8.72. The second-order valence-corrected chi connectivity index (χ2v) is 8.53. The van der Waals surface area contributed by atoms with Crippen LogP contribution in [0.4, 0.5) is 5.13 Å². The SMILES string of the molecule is Cc1nnc(/N=C2/S/C(=C\c3ccncc3)C(=O)N2C2CCCCC2)s1. The molecule has 1 saturated heterocycles. The Bertz CT molecular complexity index is 855. The molecule has 0 aromatic carbocycles. The Morgan fingerprint density at radius 3 is 2.65 bits per heavy atom. The molecule has 26 heavy (non-hydrogen) atoms. The number of rotatable bonds is 3. The molecule has 1 amide bonds. The largest absolute Gasteiger partial charge is 0.283 e. The number of aryl methyl sites for hydroxylation is 1. The van der Waals surface area contributed by atoms with Crippen LogP contribution in [0.5, 0.6) is 0 Å². The Labute approximate surface area is 160 Å². The van der Waals surface area contributed by atoms with Crippen molar-refractivity contribution in [2.24, 2.45) is 4.99 Å². The lowest BCUT2D eigenvalue weighted by molar-refractivity contribution is -0.124. The third-order valence-electron chi connectivity index (χ3n) is 4.49. The van der Waals surface area contributed by atoms with Crippen LogP contribution >= 0.6 is 23.1 Å². The molecule has 1 aliphatic carbocycles. The van der Waals surface area contributed by atoms with E-state index in [1.54, 1.807) is 12.4 Å². The van der Waals surface area contributed by atoms with E-state index < -0.39 is 0 Å². The summed E-state index contributed by atoms with van der Waals surface area (Å²) in [5, 5.41) is 10.3. The van der Waals surface area contributed by atoms with Crippen molar-refractivity contribution < 1.29 is 4.79 Å². The molecule has 0 atom stereocenters. The third-order valence-corrected chi connectivity index (χ3v) is 6.20. The molecule has 2 aromatic heterocycles. The second-order valence-electron chi connectivity index (χ2n) is 6.36. The van der Waals surface area contributed by atoms with E-state index >= 15 is 0 Å². The highest BCUT2D eigenvalue weighted by molar-refractivity contribution is 8.18. The zero-order valence-electron chi connectivity index (χ0n) is 14.5. The van der Waals surface area contributed by atoms with Crippen molar-refractivity contribution >= 4 is 45.4 Å². The van der Waals surface area contributed by atoms with E-state index in [1.165, 1.54) is 29.5 Å². The molecular formula is C18H19N5OS2. The summed E-state index contributed by atoms with van der Waals surface area (Å²) in [7, 11) is 0. The molecule has 2 aromatic rings. The van der Waals surface area contributed by atoms with Crippen LogP contribution in [-0.4, -0.2) is 37.2 Å². The molecule has 6 nitrogen and oxygen atoms in total. The maximum absolute atomic E-state index is 13.1. The van der Waals surface area contributed by atoms with Crippen molar-refractivity contribution in [2.75, 3.05) is 0 Å². The minimum absolute atomic E-state index is 0.0405. The van der Waals surface area contributed by atoms with Crippen LogP contribution in [0, 0.1) is 6.92 Å². The van der Waals surface area contributed by atoms with Crippen molar-refractivity contribution in [2.45, 2.75) is 45.1 Å². The van der Waals surface area contributed by atoms with Gasteiger partial charge in [0.1, 0.15) is 5.01 Å². The lowest BCUT2D eigenvalue weighted by Gasteiger charge is -2.30. The van der Waals surface area contributed by atoms with Gasteiger partial charge in [-0.25, -0.2) is 0 Å². The first-order valence-corrected chi connectivity index (χ1v) is 10.4. The van der Waals surface area contributed by atoms with Gasteiger partial charge in [0.25, 0.3) is 5.91 Å². The van der Waals surface area contributed by atoms with Gasteiger partial charge in [0.05, 0.1) is 4.91 Å². The Morgan fingerprint density at radius 1 is 1.19 bits per heavy atom. The van der Waals surface area contributed by atoms with E-state index in [9.17, 15) is 4.79 Å². The topological polar surface area (TPSA) is 71.3 Å². The fraction of sp³-hybridized carbons (Fsp3) is 0.389. The highest BCUT2D eigenvalue weighted by Gasteiger charge is 2.38. The predicted octanol–water partition coefficient (Wildman–Crippen LogP) is 4.18. The molecule has 0 unspecified atom stereocenters. The fourth-order valence-electron chi connectivity index (χ4n) is 3.25. The molecule has 0 spiro atoms. The average molecular weight is 386 g/mol.